The van der Waals surface area contributed by atoms with Crippen LogP contribution in [-0.4, -0.2) is 40.3 Å². The van der Waals surface area contributed by atoms with Crippen molar-refractivity contribution in [2.24, 2.45) is 0 Å². The van der Waals surface area contributed by atoms with E-state index in [2.05, 4.69) is 25.6 Å². The lowest BCUT2D eigenvalue weighted by Gasteiger charge is -2.12. The number of aromatic nitrogens is 5. The molecule has 2 heterocycles. The molecule has 0 spiro atoms. The molecule has 112 valence electrons. The molecule has 0 aliphatic rings. The first-order chi connectivity index (χ1) is 10.5. The topological polar surface area (TPSA) is 101 Å². The molecule has 0 atom stereocenters. The van der Waals surface area contributed by atoms with Crippen molar-refractivity contribution in [3.05, 3.63) is 42.1 Å². The normalized spacial score (nSPS) is 11.5. The molecular formula is C14H13N5O2S. The maximum absolute atomic E-state index is 12.1. The van der Waals surface area contributed by atoms with Crippen molar-refractivity contribution in [2.75, 3.05) is 6.26 Å². The largest absolute Gasteiger partial charge is 0.244 e. The number of hydrogen-bond acceptors (Lipinski definition) is 6. The molecular weight excluding hydrogens is 302 g/mol. The van der Waals surface area contributed by atoms with Crippen molar-refractivity contribution >= 4 is 9.84 Å². The zero-order valence-electron chi connectivity index (χ0n) is 12.0. The molecule has 3 rings (SSSR count). The highest BCUT2D eigenvalue weighted by Gasteiger charge is 2.23. The van der Waals surface area contributed by atoms with Crippen LogP contribution in [0.3, 0.4) is 0 Å². The molecule has 0 bridgehead atoms. The number of pyridine rings is 1. The van der Waals surface area contributed by atoms with Gasteiger partial charge in [-0.25, -0.2) is 13.4 Å². The standard InChI is InChI=1S/C14H13N5O2S/c1-9-5-3-4-6-10(9)11-7-8-15-14(22(2,20)21)12(11)13-16-18-19-17-13/h3-8H,1-2H3,(H,16,17,18,19). The first kappa shape index (κ1) is 14.3. The molecule has 8 heteroatoms. The van der Waals surface area contributed by atoms with Crippen LogP contribution in [0.15, 0.2) is 41.6 Å². The first-order valence-corrected chi connectivity index (χ1v) is 8.36. The molecule has 3 aromatic rings. The predicted octanol–water partition coefficient (Wildman–Crippen LogP) is 1.64. The van der Waals surface area contributed by atoms with E-state index < -0.39 is 9.84 Å². The summed E-state index contributed by atoms with van der Waals surface area (Å²) in [7, 11) is -3.54. The van der Waals surface area contributed by atoms with Gasteiger partial charge in [-0.05, 0) is 34.9 Å². The number of nitrogens with one attached hydrogen (secondary N) is 1. The van der Waals surface area contributed by atoms with Crippen LogP contribution in [0.1, 0.15) is 5.56 Å². The van der Waals surface area contributed by atoms with Gasteiger partial charge in [-0.1, -0.05) is 24.3 Å². The van der Waals surface area contributed by atoms with Gasteiger partial charge < -0.3 is 0 Å². The Morgan fingerprint density at radius 2 is 1.86 bits per heavy atom. The fourth-order valence-corrected chi connectivity index (χ4v) is 3.13. The molecule has 2 aromatic heterocycles. The zero-order valence-corrected chi connectivity index (χ0v) is 12.8. The molecule has 1 aromatic carbocycles. The lowest BCUT2D eigenvalue weighted by atomic mass is 9.97. The maximum Gasteiger partial charge on any atom is 0.208 e. The first-order valence-electron chi connectivity index (χ1n) is 6.47. The van der Waals surface area contributed by atoms with Gasteiger partial charge in [-0.2, -0.15) is 5.21 Å². The van der Waals surface area contributed by atoms with Gasteiger partial charge in [0, 0.05) is 12.5 Å². The van der Waals surface area contributed by atoms with Crippen LogP contribution in [0.5, 0.6) is 0 Å². The summed E-state index contributed by atoms with van der Waals surface area (Å²) in [5.41, 5.74) is 2.97. The molecule has 0 aliphatic heterocycles. The van der Waals surface area contributed by atoms with Gasteiger partial charge in [-0.3, -0.25) is 0 Å². The second kappa shape index (κ2) is 5.30. The highest BCUT2D eigenvalue weighted by molar-refractivity contribution is 7.90. The van der Waals surface area contributed by atoms with Crippen molar-refractivity contribution in [3.8, 4) is 22.5 Å². The Kier molecular flexibility index (Phi) is 3.45. The van der Waals surface area contributed by atoms with E-state index in [1.165, 1.54) is 6.20 Å². The van der Waals surface area contributed by atoms with Gasteiger partial charge in [0.25, 0.3) is 0 Å². The van der Waals surface area contributed by atoms with Crippen LogP contribution >= 0.6 is 0 Å². The van der Waals surface area contributed by atoms with Gasteiger partial charge in [-0.15, -0.1) is 10.2 Å². The fraction of sp³-hybridized carbons (Fsp3) is 0.143. The summed E-state index contributed by atoms with van der Waals surface area (Å²) >= 11 is 0. The molecule has 0 aliphatic carbocycles. The lowest BCUT2D eigenvalue weighted by Crippen LogP contribution is -2.05. The number of rotatable bonds is 3. The highest BCUT2D eigenvalue weighted by atomic mass is 32.2. The summed E-state index contributed by atoms with van der Waals surface area (Å²) in [6.07, 6.45) is 2.59. The van der Waals surface area contributed by atoms with Crippen molar-refractivity contribution in [1.82, 2.24) is 25.6 Å². The number of sulfone groups is 1. The van der Waals surface area contributed by atoms with E-state index in [4.69, 9.17) is 0 Å². The summed E-state index contributed by atoms with van der Waals surface area (Å²) in [6.45, 7) is 1.95. The molecule has 0 fully saturated rings. The third kappa shape index (κ3) is 2.48. The molecule has 22 heavy (non-hydrogen) atoms. The SMILES string of the molecule is Cc1ccccc1-c1ccnc(S(C)(=O)=O)c1-c1nn[nH]n1. The Balaban J connectivity index is 2.40. The number of nitrogens with zero attached hydrogens (tertiary/aromatic N) is 4. The second-order valence-electron chi connectivity index (χ2n) is 4.86. The Morgan fingerprint density at radius 3 is 2.50 bits per heavy atom. The van der Waals surface area contributed by atoms with Crippen molar-refractivity contribution in [1.29, 1.82) is 0 Å². The van der Waals surface area contributed by atoms with Crippen LogP contribution in [0.2, 0.25) is 0 Å². The van der Waals surface area contributed by atoms with E-state index in [1.54, 1.807) is 6.07 Å². The minimum Gasteiger partial charge on any atom is -0.244 e. The number of hydrogen-bond donors (Lipinski definition) is 1. The minimum absolute atomic E-state index is 0.0605. The van der Waals surface area contributed by atoms with Crippen LogP contribution in [0.4, 0.5) is 0 Å². The van der Waals surface area contributed by atoms with Crippen LogP contribution in [-0.2, 0) is 9.84 Å². The third-order valence-corrected chi connectivity index (χ3v) is 4.28. The van der Waals surface area contributed by atoms with Gasteiger partial charge in [0.05, 0.1) is 5.56 Å². The number of benzene rings is 1. The average Bonchev–Trinajstić information content (AvgIpc) is 3.00. The Morgan fingerprint density at radius 1 is 1.09 bits per heavy atom. The van der Waals surface area contributed by atoms with E-state index in [1.807, 2.05) is 31.2 Å². The number of aryl methyl sites for hydroxylation is 1. The Bertz CT molecular complexity index is 920. The van der Waals surface area contributed by atoms with E-state index in [0.717, 1.165) is 17.4 Å². The van der Waals surface area contributed by atoms with E-state index >= 15 is 0 Å². The number of tetrazole rings is 1. The number of aromatic amines is 1. The van der Waals surface area contributed by atoms with E-state index in [0.29, 0.717) is 11.1 Å². The van der Waals surface area contributed by atoms with Gasteiger partial charge >= 0.3 is 0 Å². The van der Waals surface area contributed by atoms with Crippen molar-refractivity contribution in [2.45, 2.75) is 11.9 Å². The quantitative estimate of drug-likeness (QED) is 0.788. The monoisotopic (exact) mass is 315 g/mol. The molecule has 0 amide bonds. The van der Waals surface area contributed by atoms with Gasteiger partial charge in [0.1, 0.15) is 0 Å². The molecule has 0 radical (unpaired) electrons. The predicted molar refractivity (Wildman–Crippen MR) is 80.7 cm³/mol. The smallest absolute Gasteiger partial charge is 0.208 e. The summed E-state index contributed by atoms with van der Waals surface area (Å²) in [6, 6.07) is 9.44. The minimum atomic E-state index is -3.54. The summed E-state index contributed by atoms with van der Waals surface area (Å²) in [5, 5.41) is 13.7. The zero-order chi connectivity index (χ0) is 15.7. The van der Waals surface area contributed by atoms with Crippen LogP contribution < -0.4 is 0 Å². The van der Waals surface area contributed by atoms with E-state index in [-0.39, 0.29) is 10.9 Å². The van der Waals surface area contributed by atoms with E-state index in [9.17, 15) is 8.42 Å². The Hall–Kier alpha value is -2.61. The average molecular weight is 315 g/mol. The van der Waals surface area contributed by atoms with Crippen molar-refractivity contribution < 1.29 is 8.42 Å². The molecule has 7 nitrogen and oxygen atoms in total. The summed E-state index contributed by atoms with van der Waals surface area (Å²) in [5.74, 6) is 0.201. The lowest BCUT2D eigenvalue weighted by molar-refractivity contribution is 0.598. The second-order valence-corrected chi connectivity index (χ2v) is 6.79. The maximum atomic E-state index is 12.1. The van der Waals surface area contributed by atoms with Gasteiger partial charge in [0.2, 0.25) is 5.82 Å². The molecule has 0 unspecified atom stereocenters. The summed E-state index contributed by atoms with van der Waals surface area (Å²) < 4.78 is 24.1. The van der Waals surface area contributed by atoms with Gasteiger partial charge in [0.15, 0.2) is 14.9 Å². The van der Waals surface area contributed by atoms with Crippen LogP contribution in [0, 0.1) is 6.92 Å². The number of H-pyrrole nitrogens is 1. The molecule has 0 saturated heterocycles. The highest BCUT2D eigenvalue weighted by Crippen LogP contribution is 2.35. The van der Waals surface area contributed by atoms with Crippen molar-refractivity contribution in [3.63, 3.8) is 0 Å². The third-order valence-electron chi connectivity index (χ3n) is 3.27. The molecule has 0 saturated carbocycles. The summed E-state index contributed by atoms with van der Waals surface area (Å²) in [4.78, 5) is 4.01. The Labute approximate surface area is 127 Å². The fourth-order valence-electron chi connectivity index (χ4n) is 2.31. The molecule has 1 N–H and O–H groups in total. The van der Waals surface area contributed by atoms with Crippen LogP contribution in [0.25, 0.3) is 22.5 Å².